The summed E-state index contributed by atoms with van der Waals surface area (Å²) in [6, 6.07) is 11.5. The minimum absolute atomic E-state index is 0.0605. The second kappa shape index (κ2) is 16.1. The molecule has 3 aromatic rings. The fourth-order valence-electron chi connectivity index (χ4n) is 3.63. The summed E-state index contributed by atoms with van der Waals surface area (Å²) in [7, 11) is 1.30. The lowest BCUT2D eigenvalue weighted by molar-refractivity contribution is -0.137. The number of likely N-dealkylation sites (N-methyl/N-ethyl adjacent to an activating group) is 1. The Morgan fingerprint density at radius 1 is 1.17 bits per heavy atom. The lowest BCUT2D eigenvalue weighted by atomic mass is 10.3. The number of benzene rings is 2. The zero-order valence-corrected chi connectivity index (χ0v) is 25.6. The zero-order valence-electron chi connectivity index (χ0n) is 23.2. The number of para-hydroxylation sites is 1. The maximum absolute atomic E-state index is 14.3. The number of nitrogens with zero attached hydrogens (tertiary/aromatic N) is 3. The Balaban J connectivity index is 0.000000250. The molecule has 2 amide bonds. The summed E-state index contributed by atoms with van der Waals surface area (Å²) >= 11 is 8.17. The van der Waals surface area contributed by atoms with Crippen LogP contribution in [-0.2, 0) is 32.2 Å². The molecule has 15 heteroatoms. The SMILES string of the molecule is CCNC(=O)C(C)OC(=O)Nc1ccccc1.COC(=O)CSc1cc(/N=c2\sc(=O)n3n2CCCC3)c(F)cc1Cl. The summed E-state index contributed by atoms with van der Waals surface area (Å²) in [6.07, 6.45) is 0.445. The number of halogens is 2. The standard InChI is InChI=1S/C15H15ClFN3O3S2.C12H16N2O3/c1-23-13(21)8-24-12-7-11(10(17)6-9(12)16)18-14-19-4-2-3-5-20(19)15(22)25-14;1-3-13-11(15)9(2)17-12(16)14-10-7-5-4-6-8-10/h6-7H,2-5,8H2,1H3;4-9H,3H2,1-2H3,(H,13,15)(H,14,16)/b18-14-;. The van der Waals surface area contributed by atoms with Gasteiger partial charge in [0.25, 0.3) is 5.91 Å². The molecule has 0 spiro atoms. The minimum Gasteiger partial charge on any atom is -0.468 e. The number of nitrogens with one attached hydrogen (secondary N) is 2. The molecule has 1 atom stereocenters. The first-order valence-corrected chi connectivity index (χ1v) is 15.2. The maximum atomic E-state index is 14.3. The van der Waals surface area contributed by atoms with Crippen LogP contribution in [0.4, 0.5) is 20.6 Å². The van der Waals surface area contributed by atoms with Gasteiger partial charge >= 0.3 is 16.9 Å². The number of ether oxygens (including phenoxy) is 2. The molecular weight excluding hydrogens is 609 g/mol. The number of thioether (sulfide) groups is 1. The number of carbonyl (C=O) groups is 3. The molecule has 4 rings (SSSR count). The first kappa shape index (κ1) is 32.9. The molecule has 2 N–H and O–H groups in total. The van der Waals surface area contributed by atoms with Crippen molar-refractivity contribution in [3.05, 3.63) is 67.8 Å². The van der Waals surface area contributed by atoms with E-state index in [2.05, 4.69) is 20.4 Å². The van der Waals surface area contributed by atoms with Crippen LogP contribution in [0.2, 0.25) is 5.02 Å². The van der Waals surface area contributed by atoms with Crippen molar-refractivity contribution in [3.63, 3.8) is 0 Å². The second-order valence-corrected chi connectivity index (χ2v) is 11.1. The molecule has 2 heterocycles. The van der Waals surface area contributed by atoms with E-state index >= 15 is 0 Å². The van der Waals surface area contributed by atoms with E-state index in [1.165, 1.54) is 20.1 Å². The van der Waals surface area contributed by atoms with Gasteiger partial charge in [0.2, 0.25) is 4.80 Å². The molecule has 1 aliphatic heterocycles. The highest BCUT2D eigenvalue weighted by atomic mass is 35.5. The second-order valence-electron chi connectivity index (χ2n) is 8.75. The average Bonchev–Trinajstić information content (AvgIpc) is 3.29. The number of fused-ring (bicyclic) bond motifs is 1. The first-order chi connectivity index (χ1) is 20.1. The van der Waals surface area contributed by atoms with Crippen LogP contribution in [0.3, 0.4) is 0 Å². The molecule has 0 bridgehead atoms. The van der Waals surface area contributed by atoms with Crippen LogP contribution in [0.1, 0.15) is 26.7 Å². The van der Waals surface area contributed by atoms with Gasteiger partial charge in [0.1, 0.15) is 11.5 Å². The highest BCUT2D eigenvalue weighted by Crippen LogP contribution is 2.33. The molecule has 0 saturated carbocycles. The van der Waals surface area contributed by atoms with E-state index in [1.807, 2.05) is 6.07 Å². The molecule has 11 nitrogen and oxygen atoms in total. The van der Waals surface area contributed by atoms with E-state index in [4.69, 9.17) is 16.3 Å². The largest absolute Gasteiger partial charge is 0.468 e. The Labute approximate surface area is 254 Å². The van der Waals surface area contributed by atoms with E-state index in [-0.39, 0.29) is 27.2 Å². The van der Waals surface area contributed by atoms with Crippen molar-refractivity contribution in [3.8, 4) is 0 Å². The van der Waals surface area contributed by atoms with Crippen LogP contribution in [0.15, 0.2) is 57.1 Å². The lowest BCUT2D eigenvalue weighted by Crippen LogP contribution is -2.36. The highest BCUT2D eigenvalue weighted by Gasteiger charge is 2.17. The van der Waals surface area contributed by atoms with E-state index in [1.54, 1.807) is 40.6 Å². The molecule has 2 aromatic carbocycles. The van der Waals surface area contributed by atoms with Gasteiger partial charge in [-0.05, 0) is 62.3 Å². The lowest BCUT2D eigenvalue weighted by Gasteiger charge is -2.15. The monoisotopic (exact) mass is 639 g/mol. The van der Waals surface area contributed by atoms with E-state index in [0.29, 0.717) is 35.0 Å². The number of amides is 2. The third-order valence-electron chi connectivity index (χ3n) is 5.71. The molecule has 1 unspecified atom stereocenters. The van der Waals surface area contributed by atoms with E-state index < -0.39 is 24.0 Å². The summed E-state index contributed by atoms with van der Waals surface area (Å²) in [6.45, 7) is 5.15. The van der Waals surface area contributed by atoms with Gasteiger partial charge in [-0.2, -0.15) is 0 Å². The first-order valence-electron chi connectivity index (χ1n) is 13.0. The van der Waals surface area contributed by atoms with E-state index in [9.17, 15) is 23.6 Å². The number of hydrogen-bond acceptors (Lipinski definition) is 9. The summed E-state index contributed by atoms with van der Waals surface area (Å²) in [4.78, 5) is 51.2. The Bertz CT molecular complexity index is 1530. The van der Waals surface area contributed by atoms with Gasteiger partial charge in [0.05, 0.1) is 17.9 Å². The van der Waals surface area contributed by atoms with Gasteiger partial charge in [-0.1, -0.05) is 29.8 Å². The summed E-state index contributed by atoms with van der Waals surface area (Å²) in [5.41, 5.74) is 0.708. The fourth-order valence-corrected chi connectivity index (χ4v) is 5.62. The Morgan fingerprint density at radius 2 is 1.86 bits per heavy atom. The van der Waals surface area contributed by atoms with Crippen molar-refractivity contribution < 1.29 is 28.2 Å². The third-order valence-corrected chi connectivity index (χ3v) is 8.03. The van der Waals surface area contributed by atoms with E-state index in [0.717, 1.165) is 42.0 Å². The van der Waals surface area contributed by atoms with Crippen molar-refractivity contribution in [1.29, 1.82) is 0 Å². The van der Waals surface area contributed by atoms with Crippen molar-refractivity contribution in [1.82, 2.24) is 14.7 Å². The Kier molecular flexibility index (Phi) is 12.6. The van der Waals surface area contributed by atoms with Crippen LogP contribution in [-0.4, -0.2) is 52.8 Å². The summed E-state index contributed by atoms with van der Waals surface area (Å²) in [5, 5.41) is 5.30. The van der Waals surface area contributed by atoms with Gasteiger partial charge in [-0.25, -0.2) is 18.9 Å². The average molecular weight is 640 g/mol. The van der Waals surface area contributed by atoms with Gasteiger partial charge in [-0.15, -0.1) is 11.8 Å². The number of methoxy groups -OCH3 is 1. The number of rotatable bonds is 8. The smallest absolute Gasteiger partial charge is 0.412 e. The molecule has 226 valence electrons. The number of carbonyl (C=O) groups excluding carboxylic acids is 3. The van der Waals surface area contributed by atoms with Crippen LogP contribution in [0, 0.1) is 5.82 Å². The summed E-state index contributed by atoms with van der Waals surface area (Å²) < 4.78 is 27.2. The minimum atomic E-state index is -0.807. The molecule has 0 saturated heterocycles. The van der Waals surface area contributed by atoms with Crippen molar-refractivity contribution in [2.24, 2.45) is 4.99 Å². The number of anilines is 1. The predicted octanol–water partition coefficient (Wildman–Crippen LogP) is 4.55. The van der Waals surface area contributed by atoms with Crippen LogP contribution in [0.25, 0.3) is 0 Å². The van der Waals surface area contributed by atoms with Gasteiger partial charge in [-0.3, -0.25) is 24.4 Å². The maximum Gasteiger partial charge on any atom is 0.412 e. The predicted molar refractivity (Wildman–Crippen MR) is 160 cm³/mol. The van der Waals surface area contributed by atoms with Gasteiger partial charge in [0.15, 0.2) is 6.10 Å². The number of esters is 1. The molecule has 0 radical (unpaired) electrons. The number of hydrogen-bond donors (Lipinski definition) is 2. The zero-order chi connectivity index (χ0) is 30.6. The van der Waals surface area contributed by atoms with Crippen LogP contribution < -0.4 is 20.3 Å². The Hall–Kier alpha value is -3.62. The van der Waals surface area contributed by atoms with Gasteiger partial charge in [0, 0.05) is 30.2 Å². The van der Waals surface area contributed by atoms with Crippen molar-refractivity contribution in [2.45, 2.75) is 50.8 Å². The molecule has 0 fully saturated rings. The molecule has 1 aromatic heterocycles. The number of aromatic nitrogens is 2. The summed E-state index contributed by atoms with van der Waals surface area (Å²) in [5.74, 6) is -1.23. The topological polar surface area (TPSA) is 133 Å². The quantitative estimate of drug-likeness (QED) is 0.273. The molecular formula is C27H31ClFN5O6S2. The van der Waals surface area contributed by atoms with Crippen LogP contribution >= 0.6 is 34.7 Å². The molecule has 42 heavy (non-hydrogen) atoms. The van der Waals surface area contributed by atoms with Crippen molar-refractivity contribution in [2.75, 3.05) is 24.7 Å². The fraction of sp³-hybridized carbons (Fsp3) is 0.370. The molecule has 1 aliphatic rings. The highest BCUT2D eigenvalue weighted by molar-refractivity contribution is 8.00. The molecule has 0 aliphatic carbocycles. The van der Waals surface area contributed by atoms with Crippen LogP contribution in [0.5, 0.6) is 0 Å². The van der Waals surface area contributed by atoms with Crippen molar-refractivity contribution >= 4 is 64.0 Å². The Morgan fingerprint density at radius 3 is 2.52 bits per heavy atom. The van der Waals surface area contributed by atoms with Gasteiger partial charge < -0.3 is 14.8 Å². The third kappa shape index (κ3) is 9.46. The normalized spacial score (nSPS) is 13.2.